The van der Waals surface area contributed by atoms with Gasteiger partial charge in [0.2, 0.25) is 17.9 Å². The average molecular weight is 1230 g/mol. The number of hydrogen-bond donors (Lipinski definition) is 4. The number of aliphatic carboxylic acids is 1. The number of carboxylic acid groups (broad SMARTS) is 1. The van der Waals surface area contributed by atoms with Crippen LogP contribution in [0.4, 0.5) is 0 Å². The Labute approximate surface area is 510 Å². The monoisotopic (exact) mass is 1230 g/mol. The molecular weight excluding hydrogens is 1150 g/mol. The summed E-state index contributed by atoms with van der Waals surface area (Å²) < 4.78 is 60.2. The van der Waals surface area contributed by atoms with Gasteiger partial charge >= 0.3 is 41.8 Å². The van der Waals surface area contributed by atoms with Crippen molar-refractivity contribution in [2.24, 2.45) is 28.6 Å². The van der Waals surface area contributed by atoms with Gasteiger partial charge in [0.05, 0.1) is 61.8 Å². The Balaban J connectivity index is 1.25. The summed E-state index contributed by atoms with van der Waals surface area (Å²) in [6, 6.07) is 12.4. The van der Waals surface area contributed by atoms with Gasteiger partial charge in [-0.2, -0.15) is 0 Å². The van der Waals surface area contributed by atoms with E-state index in [1.165, 1.54) is 59.1 Å². The highest BCUT2D eigenvalue weighted by atomic mass is 16.6. The van der Waals surface area contributed by atoms with Crippen molar-refractivity contribution in [2.45, 2.75) is 179 Å². The number of rotatable bonds is 26. The number of methoxy groups -OCH3 is 1. The lowest BCUT2D eigenvalue weighted by Crippen LogP contribution is -2.82. The molecule has 1 aliphatic heterocycles. The summed E-state index contributed by atoms with van der Waals surface area (Å²) in [6.07, 6.45) is -7.57. The second-order valence-corrected chi connectivity index (χ2v) is 24.5. The lowest BCUT2D eigenvalue weighted by atomic mass is 9.44. The number of fused-ring (bicyclic) bond motifs is 5. The zero-order valence-corrected chi connectivity index (χ0v) is 50.9. The number of amides is 2. The number of nitrogens with one attached hydrogen (secondary N) is 2. The van der Waals surface area contributed by atoms with Crippen molar-refractivity contribution in [3.8, 4) is 0 Å². The smallest absolute Gasteiger partial charge is 0.350 e. The first-order valence-corrected chi connectivity index (χ1v) is 30.2. The van der Waals surface area contributed by atoms with E-state index in [0.29, 0.717) is 45.1 Å². The molecule has 0 aromatic heterocycles. The van der Waals surface area contributed by atoms with Crippen molar-refractivity contribution < 1.29 is 106 Å². The van der Waals surface area contributed by atoms with Gasteiger partial charge in [0, 0.05) is 45.6 Å². The number of carbonyl (C=O) groups excluding carboxylic acids is 9. The van der Waals surface area contributed by atoms with Gasteiger partial charge in [-0.1, -0.05) is 88.1 Å². The predicted octanol–water partition coefficient (Wildman–Crippen LogP) is 4.93. The number of carbonyl (C=O) groups is 10. The predicted molar refractivity (Wildman–Crippen MR) is 306 cm³/mol. The van der Waals surface area contributed by atoms with Crippen molar-refractivity contribution in [3.63, 3.8) is 0 Å². The summed E-state index contributed by atoms with van der Waals surface area (Å²) >= 11 is 0. The van der Waals surface area contributed by atoms with Gasteiger partial charge in [0.25, 0.3) is 0 Å². The van der Waals surface area contributed by atoms with Crippen LogP contribution in [0.5, 0.6) is 0 Å². The Hall–Kier alpha value is -7.12. The van der Waals surface area contributed by atoms with Crippen LogP contribution in [-0.2, 0) is 90.5 Å². The Kier molecular flexibility index (Phi) is 21.7. The molecule has 88 heavy (non-hydrogen) atoms. The topological polar surface area (TPSA) is 328 Å². The minimum absolute atomic E-state index is 0.00372. The van der Waals surface area contributed by atoms with Gasteiger partial charge in [-0.05, 0) is 74.8 Å². The highest BCUT2D eigenvalue weighted by Gasteiger charge is 2.79. The van der Waals surface area contributed by atoms with Crippen LogP contribution in [0.25, 0.3) is 0 Å². The molecule has 5 aliphatic carbocycles. The summed E-state index contributed by atoms with van der Waals surface area (Å²) in [7, 11) is 1.51. The molecule has 24 heteroatoms. The van der Waals surface area contributed by atoms with Crippen molar-refractivity contribution >= 4 is 59.4 Å². The van der Waals surface area contributed by atoms with E-state index >= 15 is 9.59 Å². The quantitative estimate of drug-likeness (QED) is 0.0420. The molecular formula is C64H82N2O22. The van der Waals surface area contributed by atoms with Crippen LogP contribution in [0.1, 0.15) is 141 Å². The summed E-state index contributed by atoms with van der Waals surface area (Å²) in [6.45, 7) is 7.97. The highest BCUT2D eigenvalue weighted by Crippen LogP contribution is 2.65. The Morgan fingerprint density at radius 3 is 1.95 bits per heavy atom. The minimum atomic E-state index is -2.58. The fourth-order valence-corrected chi connectivity index (χ4v) is 14.0. The first-order valence-electron chi connectivity index (χ1n) is 30.2. The number of ether oxygens (including phenoxy) is 10. The average Bonchev–Trinajstić information content (AvgIpc) is 0.724. The number of benzene rings is 2. The maximum absolute atomic E-state index is 16.5. The molecule has 4 N–H and O–H groups in total. The first-order chi connectivity index (χ1) is 41.9. The number of Topliss-reactive ketones (excluding diaryl/α,β-unsaturated/α-hetero) is 1. The van der Waals surface area contributed by atoms with E-state index in [0.717, 1.165) is 26.7 Å². The van der Waals surface area contributed by atoms with E-state index in [1.54, 1.807) is 36.4 Å². The lowest BCUT2D eigenvalue weighted by molar-refractivity contribution is -0.346. The van der Waals surface area contributed by atoms with E-state index in [2.05, 4.69) is 10.6 Å². The SMILES string of the molecule is COCCOCCOCC(=O)N[C@H](CCC(=O)O)C(=O)N[C@@H](c1ccccc1)[C@@H](OC(=O)C1CCCC1)C(=O)O[C@H]1C[C@@]2(O)[C@@H](OC(=O)c3ccccc3)[C@@H]3[C@]4(OC(C)=O)CO[C@@H]4C[C@H](OC(=O)C4CCCC4)[C@@]3(C)C(=O)[C@H](OC(C)=O)C(=C1C)C2(C)C. The zero-order valence-electron chi connectivity index (χ0n) is 50.9. The van der Waals surface area contributed by atoms with E-state index in [1.807, 2.05) is 0 Å². The highest BCUT2D eigenvalue weighted by molar-refractivity contribution is 5.96. The first kappa shape index (κ1) is 66.8. The molecule has 6 aliphatic rings. The molecule has 480 valence electrons. The number of hydrogen-bond acceptors (Lipinski definition) is 21. The maximum atomic E-state index is 16.5. The van der Waals surface area contributed by atoms with Gasteiger partial charge in [-0.3, -0.25) is 38.4 Å². The van der Waals surface area contributed by atoms with Crippen molar-refractivity contribution in [1.82, 2.24) is 10.6 Å². The van der Waals surface area contributed by atoms with Crippen LogP contribution in [0, 0.1) is 28.6 Å². The molecule has 5 fully saturated rings. The molecule has 0 unspecified atom stereocenters. The third-order valence-corrected chi connectivity index (χ3v) is 18.6. The molecule has 1 saturated heterocycles. The summed E-state index contributed by atoms with van der Waals surface area (Å²) in [5, 5.41) is 29.4. The number of aliphatic hydroxyl groups is 1. The van der Waals surface area contributed by atoms with E-state index in [9.17, 15) is 48.6 Å². The zero-order chi connectivity index (χ0) is 63.7. The molecule has 2 aromatic rings. The number of esters is 6. The fraction of sp³-hybridized carbons (Fsp3) is 0.625. The standard InChI is InChI=1S/C64H82N2O22/c1-36-44(84-60(77)52(86-58(75)41-24-16-17-25-41)50(39-18-10-8-11-19-39)66-56(73)43(26-27-48(70)71)65-47(69)34-81-31-30-80-29-28-79-7)33-64(78)55(87-59(76)42-20-12-9-13-21-42)53-62(6,54(72)51(83-37(2)67)49(36)61(64,4)5)45(85-57(74)40-22-14-15-23-40)32-46-63(53,35-82-46)88-38(3)68/h8-13,18-21,40-41,43-46,50-53,55,78H,14-17,22-35H2,1-7H3,(H,65,69)(H,66,73)(H,70,71)/t43-,44+,45+,46-,50+,51-,52-,53+,55+,62-,63+,64-/m1/s1. The van der Waals surface area contributed by atoms with Crippen LogP contribution in [0.3, 0.4) is 0 Å². The van der Waals surface area contributed by atoms with Crippen LogP contribution in [0.2, 0.25) is 0 Å². The Morgan fingerprint density at radius 1 is 0.750 bits per heavy atom. The normalized spacial score (nSPS) is 28.3. The van der Waals surface area contributed by atoms with Gasteiger partial charge in [-0.15, -0.1) is 0 Å². The van der Waals surface area contributed by atoms with Crippen molar-refractivity contribution in [3.05, 3.63) is 82.9 Å². The van der Waals surface area contributed by atoms with E-state index < -0.39 is 180 Å². The van der Waals surface area contributed by atoms with Crippen LogP contribution >= 0.6 is 0 Å². The minimum Gasteiger partial charge on any atom is -0.481 e. The maximum Gasteiger partial charge on any atom is 0.350 e. The van der Waals surface area contributed by atoms with Gasteiger partial charge in [0.1, 0.15) is 48.7 Å². The Morgan fingerprint density at radius 2 is 1.36 bits per heavy atom. The molecule has 24 nitrogen and oxygen atoms in total. The third-order valence-electron chi connectivity index (χ3n) is 18.6. The van der Waals surface area contributed by atoms with Gasteiger partial charge in [0.15, 0.2) is 17.5 Å². The molecule has 8 rings (SSSR count). The fourth-order valence-electron chi connectivity index (χ4n) is 14.0. The summed E-state index contributed by atoms with van der Waals surface area (Å²) in [4.78, 5) is 143. The third kappa shape index (κ3) is 14.1. The number of carboxylic acids is 1. The molecule has 2 amide bonds. The second-order valence-electron chi connectivity index (χ2n) is 24.5. The van der Waals surface area contributed by atoms with Gasteiger partial charge in [-0.25, -0.2) is 9.59 Å². The van der Waals surface area contributed by atoms with E-state index in [4.69, 9.17) is 47.4 Å². The van der Waals surface area contributed by atoms with E-state index in [-0.39, 0.29) is 48.5 Å². The molecule has 2 bridgehead atoms. The molecule has 2 aromatic carbocycles. The number of ketones is 1. The van der Waals surface area contributed by atoms with Crippen LogP contribution in [0.15, 0.2) is 71.8 Å². The summed E-state index contributed by atoms with van der Waals surface area (Å²) in [5.41, 5.74) is -8.32. The lowest BCUT2D eigenvalue weighted by Gasteiger charge is -2.67. The Bertz CT molecular complexity index is 2940. The van der Waals surface area contributed by atoms with Crippen molar-refractivity contribution in [1.29, 1.82) is 0 Å². The molecule has 0 spiro atoms. The summed E-state index contributed by atoms with van der Waals surface area (Å²) in [5.74, 6) is -12.4. The molecule has 1 heterocycles. The molecule has 12 atom stereocenters. The van der Waals surface area contributed by atoms with Crippen molar-refractivity contribution in [2.75, 3.05) is 46.8 Å². The largest absolute Gasteiger partial charge is 0.481 e. The second kappa shape index (κ2) is 28.6. The molecule has 0 radical (unpaired) electrons. The van der Waals surface area contributed by atoms with Crippen LogP contribution in [-0.4, -0.2) is 170 Å². The van der Waals surface area contributed by atoms with Gasteiger partial charge < -0.3 is 68.2 Å². The van der Waals surface area contributed by atoms with Crippen LogP contribution < -0.4 is 10.6 Å². The molecule has 4 saturated carbocycles.